The molecule has 0 aliphatic rings. The van der Waals surface area contributed by atoms with Crippen molar-refractivity contribution in [3.05, 3.63) is 156 Å². The molecule has 0 saturated heterocycles. The summed E-state index contributed by atoms with van der Waals surface area (Å²) in [6, 6.07) is 18.7. The van der Waals surface area contributed by atoms with E-state index in [0.29, 0.717) is 16.9 Å². The van der Waals surface area contributed by atoms with Gasteiger partial charge in [-0.25, -0.2) is 13.8 Å². The Morgan fingerprint density at radius 2 is 1.63 bits per heavy atom. The molecule has 0 aliphatic carbocycles. The third kappa shape index (κ3) is 6.65. The monoisotopic (exact) mass is 635 g/mol. The third-order valence-corrected chi connectivity index (χ3v) is 7.12. The van der Waals surface area contributed by atoms with Crippen LogP contribution in [0.2, 0.25) is 0 Å². The first kappa shape index (κ1) is 31.6. The van der Waals surface area contributed by atoms with Gasteiger partial charge in [0.05, 0.1) is 36.9 Å². The van der Waals surface area contributed by atoms with E-state index >= 15 is 4.39 Å². The average molecular weight is 636 g/mol. The van der Waals surface area contributed by atoms with Crippen LogP contribution in [0.3, 0.4) is 0 Å². The van der Waals surface area contributed by atoms with E-state index in [0.717, 1.165) is 16.7 Å². The van der Waals surface area contributed by atoms with E-state index in [9.17, 15) is 32.9 Å². The molecule has 0 saturated carbocycles. The molecule has 2 aromatic heterocycles. The summed E-state index contributed by atoms with van der Waals surface area (Å²) in [7, 11) is 1.46. The predicted molar refractivity (Wildman–Crippen MR) is 161 cm³/mol. The molecule has 5 aromatic rings. The SMILES string of the molecule is COc1ccc(Cn2c(C=Cc3cnn(Cc4ccccc4C(F)(F)F)c3)c([N+](=O)[O-])c(=O)n(C(F)c3ccccc3)c2=O)cc1. The number of alkyl halides is 4. The van der Waals surface area contributed by atoms with Crippen LogP contribution in [0.5, 0.6) is 5.75 Å². The number of benzene rings is 3. The molecule has 0 radical (unpaired) electrons. The van der Waals surface area contributed by atoms with E-state index < -0.39 is 45.6 Å². The van der Waals surface area contributed by atoms with Crippen LogP contribution in [-0.2, 0) is 19.3 Å². The molecule has 1 atom stereocenters. The van der Waals surface area contributed by atoms with E-state index in [2.05, 4.69) is 5.10 Å². The Morgan fingerprint density at radius 3 is 2.28 bits per heavy atom. The van der Waals surface area contributed by atoms with Gasteiger partial charge in [-0.1, -0.05) is 60.7 Å². The Bertz CT molecular complexity index is 2020. The maximum absolute atomic E-state index is 15.7. The van der Waals surface area contributed by atoms with Crippen molar-refractivity contribution >= 4 is 17.8 Å². The van der Waals surface area contributed by atoms with Gasteiger partial charge in [0, 0.05) is 17.3 Å². The van der Waals surface area contributed by atoms with Gasteiger partial charge in [-0.2, -0.15) is 18.3 Å². The lowest BCUT2D eigenvalue weighted by Crippen LogP contribution is -2.43. The minimum atomic E-state index is -4.57. The minimum absolute atomic E-state index is 0.0274. The molecule has 0 aliphatic heterocycles. The van der Waals surface area contributed by atoms with Gasteiger partial charge < -0.3 is 4.74 Å². The van der Waals surface area contributed by atoms with Gasteiger partial charge in [0.2, 0.25) is 6.30 Å². The third-order valence-electron chi connectivity index (χ3n) is 7.12. The summed E-state index contributed by atoms with van der Waals surface area (Å²) in [6.45, 7) is -0.502. The topological polar surface area (TPSA) is 114 Å². The van der Waals surface area contributed by atoms with Crippen molar-refractivity contribution in [3.63, 3.8) is 0 Å². The van der Waals surface area contributed by atoms with E-state index in [1.165, 1.54) is 72.7 Å². The highest BCUT2D eigenvalue weighted by atomic mass is 19.4. The quantitative estimate of drug-likeness (QED) is 0.107. The number of aromatic nitrogens is 4. The number of ether oxygens (including phenoxy) is 1. The van der Waals surface area contributed by atoms with Crippen LogP contribution in [0.25, 0.3) is 12.2 Å². The van der Waals surface area contributed by atoms with Crippen LogP contribution >= 0.6 is 0 Å². The average Bonchev–Trinajstić information content (AvgIpc) is 3.48. The van der Waals surface area contributed by atoms with Crippen molar-refractivity contribution in [2.24, 2.45) is 0 Å². The lowest BCUT2D eigenvalue weighted by atomic mass is 10.1. The molecule has 0 N–H and O–H groups in total. The fraction of sp³-hybridized carbons (Fsp3) is 0.156. The zero-order valence-electron chi connectivity index (χ0n) is 24.1. The van der Waals surface area contributed by atoms with Gasteiger partial charge in [-0.05, 0) is 41.5 Å². The smallest absolute Gasteiger partial charge is 0.416 e. The van der Waals surface area contributed by atoms with E-state index in [1.54, 1.807) is 30.3 Å². The Morgan fingerprint density at radius 1 is 0.957 bits per heavy atom. The normalized spacial score (nSPS) is 12.4. The van der Waals surface area contributed by atoms with E-state index in [-0.39, 0.29) is 28.8 Å². The van der Waals surface area contributed by atoms with Gasteiger partial charge >= 0.3 is 23.1 Å². The first-order chi connectivity index (χ1) is 22.0. The molecule has 0 bridgehead atoms. The van der Waals surface area contributed by atoms with Crippen LogP contribution in [0, 0.1) is 10.1 Å². The number of hydrogen-bond donors (Lipinski definition) is 0. The predicted octanol–water partition coefficient (Wildman–Crippen LogP) is 5.93. The minimum Gasteiger partial charge on any atom is -0.497 e. The Balaban J connectivity index is 1.60. The van der Waals surface area contributed by atoms with E-state index in [4.69, 9.17) is 4.74 Å². The summed E-state index contributed by atoms with van der Waals surface area (Å²) in [4.78, 5) is 38.4. The summed E-state index contributed by atoms with van der Waals surface area (Å²) >= 11 is 0. The largest absolute Gasteiger partial charge is 0.497 e. The first-order valence-electron chi connectivity index (χ1n) is 13.7. The number of nitro groups is 1. The van der Waals surface area contributed by atoms with Gasteiger partial charge in [0.25, 0.3) is 0 Å². The van der Waals surface area contributed by atoms with Gasteiger partial charge in [-0.15, -0.1) is 0 Å². The fourth-order valence-electron chi connectivity index (χ4n) is 4.88. The van der Waals surface area contributed by atoms with E-state index in [1.807, 2.05) is 0 Å². The molecule has 2 heterocycles. The molecular weight excluding hydrogens is 610 g/mol. The second kappa shape index (κ2) is 13.1. The highest BCUT2D eigenvalue weighted by Crippen LogP contribution is 2.32. The summed E-state index contributed by atoms with van der Waals surface area (Å²) in [5.74, 6) is 0.509. The summed E-state index contributed by atoms with van der Waals surface area (Å²) in [5, 5.41) is 16.4. The zero-order chi connectivity index (χ0) is 33.0. The Labute approximate surface area is 258 Å². The molecule has 10 nitrogen and oxygen atoms in total. The number of nitrogens with zero attached hydrogens (tertiary/aromatic N) is 5. The standard InChI is InChI=1S/C32H25F4N5O5/c1-46-25-14-11-21(12-15-25)19-39-27(28(41(44)45)30(42)40(31(39)43)29(33)23-7-3-2-4-8-23)16-13-22-17-37-38(18-22)20-24-9-5-6-10-26(24)32(34,35)36/h2-18,29H,19-20H2,1H3. The fourth-order valence-corrected chi connectivity index (χ4v) is 4.88. The van der Waals surface area contributed by atoms with Crippen LogP contribution in [0.4, 0.5) is 23.2 Å². The van der Waals surface area contributed by atoms with Crippen LogP contribution in [0.15, 0.2) is 101 Å². The highest BCUT2D eigenvalue weighted by Gasteiger charge is 2.33. The summed E-state index contributed by atoms with van der Waals surface area (Å²) in [5.41, 5.74) is -4.16. The second-order valence-corrected chi connectivity index (χ2v) is 10.1. The van der Waals surface area contributed by atoms with Gasteiger partial charge in [0.1, 0.15) is 11.4 Å². The molecule has 5 rings (SSSR count). The number of rotatable bonds is 10. The molecule has 46 heavy (non-hydrogen) atoms. The van der Waals surface area contributed by atoms with Crippen molar-refractivity contribution in [1.82, 2.24) is 18.9 Å². The molecule has 0 spiro atoms. The maximum Gasteiger partial charge on any atom is 0.416 e. The van der Waals surface area contributed by atoms with Crippen LogP contribution in [-0.4, -0.2) is 30.9 Å². The number of methoxy groups -OCH3 is 1. The summed E-state index contributed by atoms with van der Waals surface area (Å²) in [6.07, 6.45) is -1.72. The van der Waals surface area contributed by atoms with Gasteiger partial charge in [0.15, 0.2) is 0 Å². The van der Waals surface area contributed by atoms with Crippen LogP contribution in [0.1, 0.15) is 39.8 Å². The van der Waals surface area contributed by atoms with Crippen LogP contribution < -0.4 is 16.0 Å². The number of hydrogen-bond acceptors (Lipinski definition) is 6. The summed E-state index contributed by atoms with van der Waals surface area (Å²) < 4.78 is 63.6. The zero-order valence-corrected chi connectivity index (χ0v) is 24.1. The van der Waals surface area contributed by atoms with Gasteiger partial charge in [-0.3, -0.25) is 24.2 Å². The lowest BCUT2D eigenvalue weighted by Gasteiger charge is -2.17. The highest BCUT2D eigenvalue weighted by molar-refractivity contribution is 5.71. The lowest BCUT2D eigenvalue weighted by molar-refractivity contribution is -0.387. The van der Waals surface area contributed by atoms with Crippen molar-refractivity contribution in [2.45, 2.75) is 25.6 Å². The molecular formula is C32H25F4N5O5. The molecule has 0 fully saturated rings. The second-order valence-electron chi connectivity index (χ2n) is 10.1. The molecule has 3 aromatic carbocycles. The van der Waals surface area contributed by atoms with Crippen molar-refractivity contribution < 1.29 is 27.2 Å². The Kier molecular flexibility index (Phi) is 8.98. The molecule has 236 valence electrons. The van der Waals surface area contributed by atoms with Crippen molar-refractivity contribution in [1.29, 1.82) is 0 Å². The maximum atomic E-state index is 15.7. The molecule has 0 amide bonds. The molecule has 1 unspecified atom stereocenters. The van der Waals surface area contributed by atoms with Crippen molar-refractivity contribution in [3.8, 4) is 5.75 Å². The number of halogens is 4. The first-order valence-corrected chi connectivity index (χ1v) is 13.7. The molecule has 14 heteroatoms. The Hall–Kier alpha value is -5.79. The van der Waals surface area contributed by atoms with Crippen molar-refractivity contribution in [2.75, 3.05) is 7.11 Å².